The highest BCUT2D eigenvalue weighted by Crippen LogP contribution is 2.37. The highest BCUT2D eigenvalue weighted by atomic mass is 32.2. The van der Waals surface area contributed by atoms with Gasteiger partial charge in [0.2, 0.25) is 0 Å². The van der Waals surface area contributed by atoms with Gasteiger partial charge >= 0.3 is 10.3 Å². The molecule has 2 aromatic rings. The summed E-state index contributed by atoms with van der Waals surface area (Å²) in [6.07, 6.45) is 8.58. The van der Waals surface area contributed by atoms with E-state index >= 15 is 0 Å². The number of fused-ring (bicyclic) bond motifs is 1. The first-order chi connectivity index (χ1) is 11.2. The second kappa shape index (κ2) is 5.82. The molecule has 0 amide bonds. The number of rotatable bonds is 3. The van der Waals surface area contributed by atoms with Crippen molar-refractivity contribution in [2.24, 2.45) is 0 Å². The van der Waals surface area contributed by atoms with Gasteiger partial charge in [0, 0.05) is 19.3 Å². The molecule has 128 valence electrons. The van der Waals surface area contributed by atoms with E-state index in [1.54, 1.807) is 6.20 Å². The fourth-order valence-electron chi connectivity index (χ4n) is 3.38. The molecule has 1 fully saturated rings. The summed E-state index contributed by atoms with van der Waals surface area (Å²) in [6.45, 7) is 1.84. The smallest absolute Gasteiger partial charge is 0.335 e. The van der Waals surface area contributed by atoms with Crippen molar-refractivity contribution < 1.29 is 18.1 Å². The van der Waals surface area contributed by atoms with Gasteiger partial charge in [-0.25, -0.2) is 9.97 Å². The van der Waals surface area contributed by atoms with Crippen LogP contribution in [0.25, 0.3) is 11.0 Å². The lowest BCUT2D eigenvalue weighted by Gasteiger charge is -2.23. The van der Waals surface area contributed by atoms with Crippen molar-refractivity contribution >= 4 is 21.3 Å². The summed E-state index contributed by atoms with van der Waals surface area (Å²) in [5, 5.41) is 11.0. The zero-order chi connectivity index (χ0) is 17.6. The van der Waals surface area contributed by atoms with Crippen molar-refractivity contribution in [1.82, 2.24) is 18.8 Å². The molecular formula is C15H18N4O4S. The zero-order valence-electron chi connectivity index (χ0n) is 13.3. The quantitative estimate of drug-likeness (QED) is 0.617. The Morgan fingerprint density at radius 3 is 2.75 bits per heavy atom. The number of aryl methyl sites for hydroxylation is 1. The predicted octanol–water partition coefficient (Wildman–Crippen LogP) is 0.520. The Hall–Kier alpha value is -1.99. The SMILES string of the molecule is C#Cc1cn([C@H]2C[C@H](O)[C@@H](N(C)S(=O)(=O)O)C2)c2ncnc(C)c12. The monoisotopic (exact) mass is 350 g/mol. The van der Waals surface area contributed by atoms with Gasteiger partial charge < -0.3 is 9.67 Å². The minimum Gasteiger partial charge on any atom is -0.391 e. The Labute approximate surface area is 140 Å². The van der Waals surface area contributed by atoms with E-state index in [4.69, 9.17) is 6.42 Å². The van der Waals surface area contributed by atoms with Gasteiger partial charge in [0.15, 0.2) is 0 Å². The first-order valence-corrected chi connectivity index (χ1v) is 8.81. The molecule has 0 aromatic carbocycles. The summed E-state index contributed by atoms with van der Waals surface area (Å²) >= 11 is 0. The van der Waals surface area contributed by atoms with Gasteiger partial charge in [0.1, 0.15) is 12.0 Å². The van der Waals surface area contributed by atoms with E-state index in [0.29, 0.717) is 24.1 Å². The molecule has 3 rings (SSSR count). The summed E-state index contributed by atoms with van der Waals surface area (Å²) in [4.78, 5) is 8.45. The molecule has 1 aliphatic carbocycles. The van der Waals surface area contributed by atoms with Crippen LogP contribution >= 0.6 is 0 Å². The zero-order valence-corrected chi connectivity index (χ0v) is 14.1. The van der Waals surface area contributed by atoms with Crippen LogP contribution in [0.1, 0.15) is 30.1 Å². The van der Waals surface area contributed by atoms with Gasteiger partial charge in [-0.3, -0.25) is 4.55 Å². The van der Waals surface area contributed by atoms with Crippen LogP contribution in [-0.2, 0) is 10.3 Å². The number of hydrogen-bond donors (Lipinski definition) is 2. The molecule has 1 aliphatic rings. The number of aromatic nitrogens is 3. The van der Waals surface area contributed by atoms with Crippen molar-refractivity contribution in [3.05, 3.63) is 23.8 Å². The van der Waals surface area contributed by atoms with Crippen molar-refractivity contribution in [1.29, 1.82) is 0 Å². The number of aliphatic hydroxyl groups excluding tert-OH is 1. The summed E-state index contributed by atoms with van der Waals surface area (Å²) < 4.78 is 34.5. The standard InChI is InChI=1S/C15H18N4O4S/c1-4-10-7-19(15-14(10)9(2)16-8-17-15)11-5-12(13(20)6-11)18(3)24(21,22)23/h1,7-8,11-13,20H,5-6H2,2-3H3,(H,21,22,23)/t11-,12+,13+/m1/s1. The van der Waals surface area contributed by atoms with E-state index in [2.05, 4.69) is 15.9 Å². The first-order valence-electron chi connectivity index (χ1n) is 7.41. The topological polar surface area (TPSA) is 109 Å². The molecule has 0 aliphatic heterocycles. The number of likely N-dealkylation sites (N-methyl/N-ethyl adjacent to an activating group) is 1. The van der Waals surface area contributed by atoms with Gasteiger partial charge in [-0.2, -0.15) is 12.7 Å². The maximum Gasteiger partial charge on any atom is 0.335 e. The molecule has 1 saturated carbocycles. The average Bonchev–Trinajstić information content (AvgIpc) is 3.07. The van der Waals surface area contributed by atoms with Crippen molar-refractivity contribution in [3.8, 4) is 12.3 Å². The second-order valence-corrected chi connectivity index (χ2v) is 7.48. The fraction of sp³-hybridized carbons (Fsp3) is 0.467. The van der Waals surface area contributed by atoms with Crippen LogP contribution < -0.4 is 0 Å². The first kappa shape index (κ1) is 16.9. The summed E-state index contributed by atoms with van der Waals surface area (Å²) in [7, 11) is -3.12. The molecule has 2 heterocycles. The molecule has 0 saturated heterocycles. The third-order valence-corrected chi connectivity index (χ3v) is 5.65. The van der Waals surface area contributed by atoms with Crippen LogP contribution in [0.2, 0.25) is 0 Å². The van der Waals surface area contributed by atoms with Crippen molar-refractivity contribution in [2.45, 2.75) is 38.0 Å². The van der Waals surface area contributed by atoms with E-state index in [1.807, 2.05) is 11.5 Å². The third kappa shape index (κ3) is 2.67. The van der Waals surface area contributed by atoms with Crippen LogP contribution in [0, 0.1) is 19.3 Å². The lowest BCUT2D eigenvalue weighted by molar-refractivity contribution is 0.117. The Bertz CT molecular complexity index is 931. The number of terminal acetylenes is 1. The highest BCUT2D eigenvalue weighted by molar-refractivity contribution is 7.83. The van der Waals surface area contributed by atoms with Gasteiger partial charge in [-0.1, -0.05) is 5.92 Å². The van der Waals surface area contributed by atoms with E-state index in [9.17, 15) is 18.1 Å². The van der Waals surface area contributed by atoms with Crippen LogP contribution in [0.4, 0.5) is 0 Å². The lowest BCUT2D eigenvalue weighted by Crippen LogP contribution is -2.41. The van der Waals surface area contributed by atoms with E-state index < -0.39 is 22.4 Å². The van der Waals surface area contributed by atoms with Gasteiger partial charge in [0.05, 0.1) is 28.8 Å². The molecule has 0 radical (unpaired) electrons. The molecule has 0 bridgehead atoms. The van der Waals surface area contributed by atoms with E-state index in [0.717, 1.165) is 15.4 Å². The number of aliphatic hydroxyl groups is 1. The van der Waals surface area contributed by atoms with Crippen molar-refractivity contribution in [2.75, 3.05) is 7.05 Å². The molecule has 9 heteroatoms. The van der Waals surface area contributed by atoms with E-state index in [1.165, 1.54) is 13.4 Å². The molecule has 24 heavy (non-hydrogen) atoms. The normalized spacial score (nSPS) is 24.6. The maximum absolute atomic E-state index is 11.3. The predicted molar refractivity (Wildman–Crippen MR) is 87.6 cm³/mol. The minimum absolute atomic E-state index is 0.187. The minimum atomic E-state index is -4.37. The Kier molecular flexibility index (Phi) is 4.09. The third-order valence-electron chi connectivity index (χ3n) is 4.65. The second-order valence-electron chi connectivity index (χ2n) is 6.01. The van der Waals surface area contributed by atoms with Crippen LogP contribution in [-0.4, -0.2) is 56.1 Å². The molecule has 2 N–H and O–H groups in total. The molecule has 3 atom stereocenters. The van der Waals surface area contributed by atoms with Crippen molar-refractivity contribution in [3.63, 3.8) is 0 Å². The number of hydrogen-bond acceptors (Lipinski definition) is 5. The Morgan fingerprint density at radius 2 is 2.12 bits per heavy atom. The lowest BCUT2D eigenvalue weighted by atomic mass is 10.2. The van der Waals surface area contributed by atoms with Gasteiger partial charge in [-0.15, -0.1) is 6.42 Å². The van der Waals surface area contributed by atoms with E-state index in [-0.39, 0.29) is 6.04 Å². The Morgan fingerprint density at radius 1 is 1.42 bits per heavy atom. The summed E-state index contributed by atoms with van der Waals surface area (Å²) in [6, 6.07) is -0.896. The van der Waals surface area contributed by atoms with Crippen LogP contribution in [0.3, 0.4) is 0 Å². The molecule has 8 nitrogen and oxygen atoms in total. The molecule has 2 aromatic heterocycles. The molecule has 0 spiro atoms. The van der Waals surface area contributed by atoms with Gasteiger partial charge in [0.25, 0.3) is 0 Å². The fourth-order valence-corrected chi connectivity index (χ4v) is 3.95. The highest BCUT2D eigenvalue weighted by Gasteiger charge is 2.40. The van der Waals surface area contributed by atoms with Gasteiger partial charge in [-0.05, 0) is 19.8 Å². The van der Waals surface area contributed by atoms with Crippen LogP contribution in [0.5, 0.6) is 0 Å². The summed E-state index contributed by atoms with van der Waals surface area (Å²) in [5.41, 5.74) is 2.07. The number of nitrogens with zero attached hydrogens (tertiary/aromatic N) is 4. The molecular weight excluding hydrogens is 332 g/mol. The molecule has 0 unspecified atom stereocenters. The Balaban J connectivity index is 2.02. The largest absolute Gasteiger partial charge is 0.391 e. The van der Waals surface area contributed by atoms with Crippen LogP contribution in [0.15, 0.2) is 12.5 Å². The average molecular weight is 350 g/mol. The maximum atomic E-state index is 11.3. The summed E-state index contributed by atoms with van der Waals surface area (Å²) in [5.74, 6) is 2.61.